The number of hydrogen-bond donors (Lipinski definition) is 3. The number of carbonyl (C=O) groups is 3. The molecule has 120 valence electrons. The molecule has 0 aromatic heterocycles. The number of nitrogens with one attached hydrogen (secondary N) is 1. The summed E-state index contributed by atoms with van der Waals surface area (Å²) in [6.07, 6.45) is 1.38. The Hall–Kier alpha value is -3.61. The molecule has 3 rings (SSSR count). The van der Waals surface area contributed by atoms with Crippen LogP contribution in [0.2, 0.25) is 0 Å². The van der Waals surface area contributed by atoms with E-state index in [9.17, 15) is 19.5 Å². The summed E-state index contributed by atoms with van der Waals surface area (Å²) in [5.74, 6) is -2.20. The predicted octanol–water partition coefficient (Wildman–Crippen LogP) is 1.55. The number of phenols is 1. The van der Waals surface area contributed by atoms with Crippen molar-refractivity contribution in [2.45, 2.75) is 0 Å². The largest absolute Gasteiger partial charge is 0.508 e. The van der Waals surface area contributed by atoms with Gasteiger partial charge < -0.3 is 10.2 Å². The van der Waals surface area contributed by atoms with Crippen LogP contribution in [-0.2, 0) is 9.59 Å². The highest BCUT2D eigenvalue weighted by molar-refractivity contribution is 6.31. The fraction of sp³-hybridized carbons (Fsp3) is 0. The molecule has 0 atom stereocenters. The number of carboxylic acid groups (broad SMARTS) is 1. The first-order valence-electron chi connectivity index (χ1n) is 6.95. The molecule has 2 amide bonds. The number of aromatic carboxylic acids is 1. The van der Waals surface area contributed by atoms with Gasteiger partial charge in [0, 0.05) is 0 Å². The summed E-state index contributed by atoms with van der Waals surface area (Å²) >= 11 is 0. The molecule has 0 bridgehead atoms. The number of rotatable bonds is 3. The van der Waals surface area contributed by atoms with E-state index in [1.54, 1.807) is 12.1 Å². The molecule has 1 saturated heterocycles. The molecule has 0 spiro atoms. The Morgan fingerprint density at radius 2 is 1.79 bits per heavy atom. The maximum atomic E-state index is 12.4. The van der Waals surface area contributed by atoms with Gasteiger partial charge in [0.2, 0.25) is 0 Å². The van der Waals surface area contributed by atoms with Crippen LogP contribution in [0.5, 0.6) is 5.75 Å². The Labute approximate surface area is 136 Å². The van der Waals surface area contributed by atoms with Crippen LogP contribution in [0.3, 0.4) is 0 Å². The molecule has 1 fully saturated rings. The molecule has 0 aliphatic carbocycles. The zero-order valence-corrected chi connectivity index (χ0v) is 12.3. The molecule has 2 aromatic carbocycles. The lowest BCUT2D eigenvalue weighted by atomic mass is 10.1. The molecular weight excluding hydrogens is 312 g/mol. The van der Waals surface area contributed by atoms with E-state index in [2.05, 4.69) is 5.43 Å². The number of anilines is 1. The summed E-state index contributed by atoms with van der Waals surface area (Å²) in [5, 5.41) is 19.4. The highest BCUT2D eigenvalue weighted by atomic mass is 16.4. The number of carboxylic acids is 1. The Kier molecular flexibility index (Phi) is 3.75. The number of aromatic hydroxyl groups is 1. The summed E-state index contributed by atoms with van der Waals surface area (Å²) < 4.78 is 0. The lowest BCUT2D eigenvalue weighted by Gasteiger charge is -2.14. The minimum Gasteiger partial charge on any atom is -0.508 e. The zero-order valence-electron chi connectivity index (χ0n) is 12.3. The normalized spacial score (nSPS) is 15.7. The van der Waals surface area contributed by atoms with Crippen molar-refractivity contribution in [1.29, 1.82) is 0 Å². The van der Waals surface area contributed by atoms with Gasteiger partial charge in [-0.1, -0.05) is 12.1 Å². The van der Waals surface area contributed by atoms with Crippen molar-refractivity contribution < 1.29 is 24.6 Å². The van der Waals surface area contributed by atoms with Crippen LogP contribution in [0.1, 0.15) is 15.9 Å². The van der Waals surface area contributed by atoms with Gasteiger partial charge in [-0.25, -0.2) is 9.80 Å². The molecule has 24 heavy (non-hydrogen) atoms. The fourth-order valence-corrected chi connectivity index (χ4v) is 2.27. The van der Waals surface area contributed by atoms with E-state index < -0.39 is 17.8 Å². The first-order valence-corrected chi connectivity index (χ1v) is 6.95. The van der Waals surface area contributed by atoms with Crippen molar-refractivity contribution in [3.05, 3.63) is 65.2 Å². The Balaban J connectivity index is 1.90. The standard InChI is InChI=1S/C17H12N2O5/c20-13-3-1-2-10(8-13)9-14-15(21)18-19(16(14)22)12-6-4-11(5-7-12)17(23)24/h1-9,20H,(H,18,21)(H,23,24)/b14-9-. The summed E-state index contributed by atoms with van der Waals surface area (Å²) in [6.45, 7) is 0. The third-order valence-corrected chi connectivity index (χ3v) is 3.45. The van der Waals surface area contributed by atoms with Crippen molar-refractivity contribution in [3.8, 4) is 5.75 Å². The summed E-state index contributed by atoms with van der Waals surface area (Å²) in [5.41, 5.74) is 3.27. The predicted molar refractivity (Wildman–Crippen MR) is 85.1 cm³/mol. The second-order valence-electron chi connectivity index (χ2n) is 5.09. The molecule has 1 aliphatic rings. The smallest absolute Gasteiger partial charge is 0.335 e. The van der Waals surface area contributed by atoms with Crippen LogP contribution in [0.4, 0.5) is 5.69 Å². The van der Waals surface area contributed by atoms with E-state index in [4.69, 9.17) is 5.11 Å². The SMILES string of the molecule is O=C1NN(c2ccc(C(=O)O)cc2)C(=O)/C1=C\c1cccc(O)c1. The quantitative estimate of drug-likeness (QED) is 0.586. The van der Waals surface area contributed by atoms with Crippen molar-refractivity contribution in [2.24, 2.45) is 0 Å². The van der Waals surface area contributed by atoms with Crippen molar-refractivity contribution >= 4 is 29.5 Å². The number of benzene rings is 2. The first-order chi connectivity index (χ1) is 11.5. The minimum atomic E-state index is -1.08. The van der Waals surface area contributed by atoms with E-state index >= 15 is 0 Å². The molecule has 3 N–H and O–H groups in total. The Morgan fingerprint density at radius 1 is 1.08 bits per heavy atom. The van der Waals surface area contributed by atoms with Gasteiger partial charge in [-0.2, -0.15) is 0 Å². The van der Waals surface area contributed by atoms with Gasteiger partial charge in [-0.05, 0) is 48.0 Å². The molecule has 1 aliphatic heterocycles. The van der Waals surface area contributed by atoms with Crippen LogP contribution >= 0.6 is 0 Å². The van der Waals surface area contributed by atoms with Gasteiger partial charge >= 0.3 is 5.97 Å². The second kappa shape index (κ2) is 5.88. The van der Waals surface area contributed by atoms with Crippen LogP contribution in [0, 0.1) is 0 Å². The van der Waals surface area contributed by atoms with Gasteiger partial charge in [0.25, 0.3) is 11.8 Å². The van der Waals surface area contributed by atoms with Crippen molar-refractivity contribution in [3.63, 3.8) is 0 Å². The van der Waals surface area contributed by atoms with Crippen LogP contribution in [0.15, 0.2) is 54.1 Å². The highest BCUT2D eigenvalue weighted by Gasteiger charge is 2.34. The van der Waals surface area contributed by atoms with Gasteiger partial charge in [0.15, 0.2) is 0 Å². The number of amides is 2. The first kappa shape index (κ1) is 15.3. The maximum Gasteiger partial charge on any atom is 0.335 e. The number of hydrogen-bond acceptors (Lipinski definition) is 4. The summed E-state index contributed by atoms with van der Waals surface area (Å²) in [4.78, 5) is 35.3. The molecule has 0 saturated carbocycles. The molecule has 0 unspecified atom stereocenters. The molecule has 1 heterocycles. The molecule has 7 heteroatoms. The second-order valence-corrected chi connectivity index (χ2v) is 5.09. The highest BCUT2D eigenvalue weighted by Crippen LogP contribution is 2.22. The number of carbonyl (C=O) groups excluding carboxylic acids is 2. The summed E-state index contributed by atoms with van der Waals surface area (Å²) in [6, 6.07) is 11.7. The van der Waals surface area contributed by atoms with Crippen LogP contribution in [0.25, 0.3) is 6.08 Å². The van der Waals surface area contributed by atoms with Gasteiger partial charge in [0.1, 0.15) is 11.3 Å². The molecule has 7 nitrogen and oxygen atoms in total. The molecular formula is C17H12N2O5. The van der Waals surface area contributed by atoms with E-state index in [1.807, 2.05) is 0 Å². The van der Waals surface area contributed by atoms with E-state index in [1.165, 1.54) is 42.5 Å². The van der Waals surface area contributed by atoms with Crippen molar-refractivity contribution in [1.82, 2.24) is 5.43 Å². The molecule has 0 radical (unpaired) electrons. The Morgan fingerprint density at radius 3 is 2.42 bits per heavy atom. The lowest BCUT2D eigenvalue weighted by Crippen LogP contribution is -2.35. The molecule has 2 aromatic rings. The summed E-state index contributed by atoms with van der Waals surface area (Å²) in [7, 11) is 0. The van der Waals surface area contributed by atoms with E-state index in [0.717, 1.165) is 5.01 Å². The number of hydrazine groups is 1. The van der Waals surface area contributed by atoms with Crippen LogP contribution < -0.4 is 10.4 Å². The van der Waals surface area contributed by atoms with Gasteiger partial charge in [-0.3, -0.25) is 15.0 Å². The average molecular weight is 324 g/mol. The Bertz CT molecular complexity index is 871. The van der Waals surface area contributed by atoms with Gasteiger partial charge in [-0.15, -0.1) is 0 Å². The average Bonchev–Trinajstić information content (AvgIpc) is 2.83. The minimum absolute atomic E-state index is 0.0244. The van der Waals surface area contributed by atoms with Gasteiger partial charge in [0.05, 0.1) is 11.3 Å². The van der Waals surface area contributed by atoms with E-state index in [0.29, 0.717) is 11.3 Å². The fourth-order valence-electron chi connectivity index (χ4n) is 2.27. The van der Waals surface area contributed by atoms with Crippen LogP contribution in [-0.4, -0.2) is 28.0 Å². The third-order valence-electron chi connectivity index (χ3n) is 3.45. The lowest BCUT2D eigenvalue weighted by molar-refractivity contribution is -0.117. The van der Waals surface area contributed by atoms with E-state index in [-0.39, 0.29) is 16.9 Å². The third kappa shape index (κ3) is 2.82. The van der Waals surface area contributed by atoms with Crippen molar-refractivity contribution in [2.75, 3.05) is 5.01 Å². The monoisotopic (exact) mass is 324 g/mol. The number of phenolic OH excluding ortho intramolecular Hbond substituents is 1. The number of nitrogens with zero attached hydrogens (tertiary/aromatic N) is 1. The maximum absolute atomic E-state index is 12.4. The zero-order chi connectivity index (χ0) is 17.3. The topological polar surface area (TPSA) is 107 Å².